The molecule has 1 fully saturated rings. The first-order valence-electron chi connectivity index (χ1n) is 10.6. The topological polar surface area (TPSA) is 78.4 Å². The lowest BCUT2D eigenvalue weighted by Crippen LogP contribution is -2.54. The number of aromatic nitrogens is 2. The minimum Gasteiger partial charge on any atom is -0.355 e. The van der Waals surface area contributed by atoms with Crippen LogP contribution in [0.1, 0.15) is 37.0 Å². The molecule has 3 rings (SSSR count). The number of carbonyl (C=O) groups excluding carboxylic acids is 2. The number of nitrogens with one attached hydrogen (secondary N) is 1. The average molecular weight is 496 g/mol. The molecule has 1 aliphatic heterocycles. The second-order valence-corrected chi connectivity index (χ2v) is 9.33. The molecule has 0 aliphatic carbocycles. The second kappa shape index (κ2) is 11.7. The summed E-state index contributed by atoms with van der Waals surface area (Å²) in [7, 11) is 0. The summed E-state index contributed by atoms with van der Waals surface area (Å²) in [5, 5.41) is 4.12. The Morgan fingerprint density at radius 2 is 2.00 bits per heavy atom. The van der Waals surface area contributed by atoms with Crippen LogP contribution in [0.5, 0.6) is 0 Å². The first-order valence-corrected chi connectivity index (χ1v) is 12.4. The predicted octanol–water partition coefficient (Wildman–Crippen LogP) is 4.14. The van der Waals surface area contributed by atoms with Crippen LogP contribution in [0.25, 0.3) is 0 Å². The molecule has 2 heterocycles. The van der Waals surface area contributed by atoms with Gasteiger partial charge in [0.2, 0.25) is 5.91 Å². The van der Waals surface area contributed by atoms with Crippen molar-refractivity contribution in [2.24, 2.45) is 0 Å². The van der Waals surface area contributed by atoms with Crippen molar-refractivity contribution in [2.45, 2.75) is 37.9 Å². The Balaban J connectivity index is 1.62. The smallest absolute Gasteiger partial charge is 0.255 e. The number of rotatable bonds is 8. The van der Waals surface area contributed by atoms with Gasteiger partial charge in [0.25, 0.3) is 5.91 Å². The van der Waals surface area contributed by atoms with Gasteiger partial charge in [0.1, 0.15) is 11.0 Å². The predicted molar refractivity (Wildman–Crippen MR) is 130 cm³/mol. The SMILES string of the molecule is CCCCNC(=O)CSc1nc(Cl)cc(N2CCN(C(=O)c3ccccc3Cl)C(C)C2)n1. The van der Waals surface area contributed by atoms with Crippen molar-refractivity contribution in [1.29, 1.82) is 0 Å². The van der Waals surface area contributed by atoms with Crippen LogP contribution < -0.4 is 10.2 Å². The number of nitrogens with zero attached hydrogens (tertiary/aromatic N) is 4. The minimum absolute atomic E-state index is 0.0401. The molecule has 2 amide bonds. The molecule has 1 unspecified atom stereocenters. The Kier molecular flexibility index (Phi) is 9.02. The van der Waals surface area contributed by atoms with Gasteiger partial charge in [0.15, 0.2) is 5.16 Å². The Morgan fingerprint density at radius 3 is 2.72 bits per heavy atom. The van der Waals surface area contributed by atoms with Gasteiger partial charge in [-0.05, 0) is 25.5 Å². The van der Waals surface area contributed by atoms with Gasteiger partial charge in [0.05, 0.1) is 16.3 Å². The van der Waals surface area contributed by atoms with Crippen LogP contribution in [0.3, 0.4) is 0 Å². The Morgan fingerprint density at radius 1 is 1.22 bits per heavy atom. The number of piperazine rings is 1. The molecule has 0 radical (unpaired) electrons. The molecular weight excluding hydrogens is 469 g/mol. The van der Waals surface area contributed by atoms with Gasteiger partial charge in [-0.15, -0.1) is 0 Å². The summed E-state index contributed by atoms with van der Waals surface area (Å²) in [6.07, 6.45) is 1.99. The summed E-state index contributed by atoms with van der Waals surface area (Å²) in [5.74, 6) is 0.804. The van der Waals surface area contributed by atoms with Gasteiger partial charge in [-0.1, -0.05) is 60.4 Å². The fourth-order valence-electron chi connectivity index (χ4n) is 3.45. The molecule has 1 N–H and O–H groups in total. The van der Waals surface area contributed by atoms with Crippen molar-refractivity contribution in [3.63, 3.8) is 0 Å². The lowest BCUT2D eigenvalue weighted by Gasteiger charge is -2.40. The molecule has 2 aromatic rings. The third-order valence-electron chi connectivity index (χ3n) is 5.16. The zero-order valence-corrected chi connectivity index (χ0v) is 20.5. The van der Waals surface area contributed by atoms with E-state index in [2.05, 4.69) is 27.1 Å². The number of benzene rings is 1. The molecular formula is C22H27Cl2N5O2S. The van der Waals surface area contributed by atoms with Gasteiger partial charge in [0, 0.05) is 38.3 Å². The van der Waals surface area contributed by atoms with E-state index < -0.39 is 0 Å². The fraction of sp³-hybridized carbons (Fsp3) is 0.455. The molecule has 0 spiro atoms. The fourth-order valence-corrected chi connectivity index (χ4v) is 4.58. The third kappa shape index (κ3) is 6.49. The van der Waals surface area contributed by atoms with Crippen LogP contribution in [-0.4, -0.2) is 64.7 Å². The minimum atomic E-state index is -0.0752. The standard InChI is InChI=1S/C22H27Cl2N5O2S/c1-3-4-9-25-20(30)14-32-22-26-18(24)12-19(27-22)28-10-11-29(15(2)13-28)21(31)16-7-5-6-8-17(16)23/h5-8,12,15H,3-4,9-11,13-14H2,1-2H3,(H,25,30). The zero-order chi connectivity index (χ0) is 23.1. The largest absolute Gasteiger partial charge is 0.355 e. The summed E-state index contributed by atoms with van der Waals surface area (Å²) in [4.78, 5) is 37.7. The number of amides is 2. The summed E-state index contributed by atoms with van der Waals surface area (Å²) in [6, 6.07) is 8.76. The van der Waals surface area contributed by atoms with E-state index in [-0.39, 0.29) is 23.6 Å². The summed E-state index contributed by atoms with van der Waals surface area (Å²) < 4.78 is 0. The number of thioether (sulfide) groups is 1. The highest BCUT2D eigenvalue weighted by Crippen LogP contribution is 2.25. The van der Waals surface area contributed by atoms with Crippen LogP contribution in [0, 0.1) is 0 Å². The van der Waals surface area contributed by atoms with Crippen molar-refractivity contribution in [1.82, 2.24) is 20.2 Å². The van der Waals surface area contributed by atoms with Crippen molar-refractivity contribution >= 4 is 52.6 Å². The van der Waals surface area contributed by atoms with Gasteiger partial charge < -0.3 is 15.1 Å². The molecule has 1 saturated heterocycles. The highest BCUT2D eigenvalue weighted by atomic mass is 35.5. The first kappa shape index (κ1) is 24.6. The molecule has 10 heteroatoms. The maximum Gasteiger partial charge on any atom is 0.255 e. The van der Waals surface area contributed by atoms with Gasteiger partial charge in [-0.3, -0.25) is 9.59 Å². The molecule has 0 saturated carbocycles. The van der Waals surface area contributed by atoms with Crippen molar-refractivity contribution < 1.29 is 9.59 Å². The van der Waals surface area contributed by atoms with Crippen LogP contribution in [0.2, 0.25) is 10.2 Å². The first-order chi connectivity index (χ1) is 15.4. The van der Waals surface area contributed by atoms with Crippen LogP contribution in [-0.2, 0) is 4.79 Å². The quantitative estimate of drug-likeness (QED) is 0.256. The lowest BCUT2D eigenvalue weighted by molar-refractivity contribution is -0.118. The van der Waals surface area contributed by atoms with E-state index in [1.807, 2.05) is 24.0 Å². The van der Waals surface area contributed by atoms with E-state index in [0.29, 0.717) is 52.9 Å². The highest BCUT2D eigenvalue weighted by molar-refractivity contribution is 7.99. The van der Waals surface area contributed by atoms with E-state index in [0.717, 1.165) is 12.8 Å². The molecule has 1 aliphatic rings. The van der Waals surface area contributed by atoms with Gasteiger partial charge >= 0.3 is 0 Å². The molecule has 172 valence electrons. The normalized spacial score (nSPS) is 16.2. The maximum atomic E-state index is 13.0. The van der Waals surface area contributed by atoms with E-state index in [1.165, 1.54) is 11.8 Å². The van der Waals surface area contributed by atoms with Crippen LogP contribution in [0.4, 0.5) is 5.82 Å². The monoisotopic (exact) mass is 495 g/mol. The van der Waals surface area contributed by atoms with Crippen LogP contribution >= 0.6 is 35.0 Å². The second-order valence-electron chi connectivity index (χ2n) is 7.60. The van der Waals surface area contributed by atoms with E-state index in [1.54, 1.807) is 18.2 Å². The van der Waals surface area contributed by atoms with Crippen molar-refractivity contribution in [3.8, 4) is 0 Å². The number of carbonyl (C=O) groups is 2. The number of halogens is 2. The zero-order valence-electron chi connectivity index (χ0n) is 18.2. The molecule has 1 aromatic heterocycles. The van der Waals surface area contributed by atoms with Crippen molar-refractivity contribution in [2.75, 3.05) is 36.8 Å². The maximum absolute atomic E-state index is 13.0. The number of unbranched alkanes of at least 4 members (excludes halogenated alkanes) is 1. The summed E-state index contributed by atoms with van der Waals surface area (Å²) in [6.45, 7) is 6.50. The van der Waals surface area contributed by atoms with Crippen molar-refractivity contribution in [3.05, 3.63) is 46.1 Å². The molecule has 7 nitrogen and oxygen atoms in total. The highest BCUT2D eigenvalue weighted by Gasteiger charge is 2.30. The lowest BCUT2D eigenvalue weighted by atomic mass is 10.1. The third-order valence-corrected chi connectivity index (χ3v) is 6.53. The molecule has 1 aromatic carbocycles. The van der Waals surface area contributed by atoms with Crippen LogP contribution in [0.15, 0.2) is 35.5 Å². The Hall–Kier alpha value is -2.03. The van der Waals surface area contributed by atoms with E-state index in [9.17, 15) is 9.59 Å². The Labute approximate surface area is 202 Å². The van der Waals surface area contributed by atoms with E-state index in [4.69, 9.17) is 23.2 Å². The van der Waals surface area contributed by atoms with Gasteiger partial charge in [-0.2, -0.15) is 0 Å². The molecule has 1 atom stereocenters. The number of hydrogen-bond acceptors (Lipinski definition) is 6. The van der Waals surface area contributed by atoms with Gasteiger partial charge in [-0.25, -0.2) is 9.97 Å². The average Bonchev–Trinajstić information content (AvgIpc) is 2.77. The summed E-state index contributed by atoms with van der Waals surface area (Å²) >= 11 is 13.7. The molecule has 32 heavy (non-hydrogen) atoms. The Bertz CT molecular complexity index is 962. The number of hydrogen-bond donors (Lipinski definition) is 1. The summed E-state index contributed by atoms with van der Waals surface area (Å²) in [5.41, 5.74) is 0.510. The molecule has 0 bridgehead atoms. The number of anilines is 1. The van der Waals surface area contributed by atoms with E-state index >= 15 is 0 Å².